The van der Waals surface area contributed by atoms with Crippen LogP contribution in [0.15, 0.2) is 18.2 Å². The van der Waals surface area contributed by atoms with Crippen LogP contribution in [0.4, 0.5) is 0 Å². The summed E-state index contributed by atoms with van der Waals surface area (Å²) >= 11 is 0. The molecule has 96 valence electrons. The number of hydrogen-bond acceptors (Lipinski definition) is 2. The topological polar surface area (TPSA) is 35.2 Å². The van der Waals surface area contributed by atoms with Gasteiger partial charge in [0.15, 0.2) is 0 Å². The smallest absolute Gasteiger partial charge is 0.0865 e. The third-order valence-electron chi connectivity index (χ3n) is 3.93. The molecule has 0 bridgehead atoms. The molecule has 0 aromatic heterocycles. The van der Waals surface area contributed by atoms with Crippen LogP contribution in [0.5, 0.6) is 0 Å². The van der Waals surface area contributed by atoms with Crippen molar-refractivity contribution in [3.8, 4) is 0 Å². The largest absolute Gasteiger partial charge is 0.376 e. The zero-order valence-corrected chi connectivity index (χ0v) is 11.7. The molecule has 0 amide bonds. The van der Waals surface area contributed by atoms with Gasteiger partial charge in [0.2, 0.25) is 0 Å². The average Bonchev–Trinajstić information content (AvgIpc) is 2.32. The van der Waals surface area contributed by atoms with E-state index in [4.69, 9.17) is 10.5 Å². The fraction of sp³-hybridized carbons (Fsp3) is 0.600. The van der Waals surface area contributed by atoms with Gasteiger partial charge in [0.25, 0.3) is 0 Å². The van der Waals surface area contributed by atoms with Crippen LogP contribution in [0.2, 0.25) is 0 Å². The molecule has 0 spiro atoms. The van der Waals surface area contributed by atoms with E-state index in [0.29, 0.717) is 0 Å². The molecule has 0 radical (unpaired) electrons. The number of benzene rings is 1. The summed E-state index contributed by atoms with van der Waals surface area (Å²) < 4.78 is 5.71. The van der Waals surface area contributed by atoms with Gasteiger partial charge in [-0.15, -0.1) is 0 Å². The Hall–Kier alpha value is -0.860. The van der Waals surface area contributed by atoms with Crippen molar-refractivity contribution >= 4 is 0 Å². The first-order chi connectivity index (χ1) is 8.00. The molecular formula is C15H25NO. The number of nitrogens with two attached hydrogens (primary N) is 1. The molecule has 0 aliphatic heterocycles. The Bertz CT molecular complexity index is 361. The summed E-state index contributed by atoms with van der Waals surface area (Å²) in [5, 5.41) is 0. The van der Waals surface area contributed by atoms with Gasteiger partial charge >= 0.3 is 0 Å². The molecule has 1 unspecified atom stereocenters. The highest BCUT2D eigenvalue weighted by Crippen LogP contribution is 2.34. The van der Waals surface area contributed by atoms with Crippen molar-refractivity contribution in [3.63, 3.8) is 0 Å². The number of aryl methyl sites for hydroxylation is 2. The van der Waals surface area contributed by atoms with Gasteiger partial charge in [0.05, 0.1) is 11.6 Å². The van der Waals surface area contributed by atoms with Crippen molar-refractivity contribution in [1.82, 2.24) is 0 Å². The standard InChI is InChI=1S/C15H25NO/c1-6-15(7-2,17-5)14(16)13-9-8-11(3)10-12(13)4/h8-10,14H,6-7,16H2,1-5H3. The van der Waals surface area contributed by atoms with Gasteiger partial charge in [-0.05, 0) is 37.8 Å². The lowest BCUT2D eigenvalue weighted by Gasteiger charge is -2.37. The minimum absolute atomic E-state index is 0.0666. The van der Waals surface area contributed by atoms with E-state index in [1.54, 1.807) is 7.11 Å². The lowest BCUT2D eigenvalue weighted by Crippen LogP contribution is -2.42. The van der Waals surface area contributed by atoms with E-state index in [2.05, 4.69) is 45.9 Å². The van der Waals surface area contributed by atoms with E-state index in [9.17, 15) is 0 Å². The Labute approximate surface area is 105 Å². The molecule has 1 atom stereocenters. The number of hydrogen-bond donors (Lipinski definition) is 1. The van der Waals surface area contributed by atoms with E-state index in [-0.39, 0.29) is 11.6 Å². The van der Waals surface area contributed by atoms with Crippen molar-refractivity contribution in [1.29, 1.82) is 0 Å². The van der Waals surface area contributed by atoms with E-state index >= 15 is 0 Å². The molecule has 17 heavy (non-hydrogen) atoms. The van der Waals surface area contributed by atoms with Gasteiger partial charge in [0.1, 0.15) is 0 Å². The predicted octanol–water partition coefficient (Wildman–Crippen LogP) is 3.51. The summed E-state index contributed by atoms with van der Waals surface area (Å²) in [4.78, 5) is 0. The third kappa shape index (κ3) is 2.70. The summed E-state index contributed by atoms with van der Waals surface area (Å²) in [7, 11) is 1.76. The van der Waals surface area contributed by atoms with Gasteiger partial charge in [-0.25, -0.2) is 0 Å². The Kier molecular flexibility index (Phi) is 4.72. The van der Waals surface area contributed by atoms with Gasteiger partial charge in [0, 0.05) is 7.11 Å². The van der Waals surface area contributed by atoms with Crippen molar-refractivity contribution < 1.29 is 4.74 Å². The highest BCUT2D eigenvalue weighted by Gasteiger charge is 2.34. The summed E-state index contributed by atoms with van der Waals surface area (Å²) in [5.74, 6) is 0. The molecule has 2 N–H and O–H groups in total. The SMILES string of the molecule is CCC(CC)(OC)C(N)c1ccc(C)cc1C. The molecule has 0 saturated heterocycles. The second-order valence-electron chi connectivity index (χ2n) is 4.81. The van der Waals surface area contributed by atoms with Gasteiger partial charge in [-0.1, -0.05) is 37.6 Å². The molecule has 0 fully saturated rings. The Morgan fingerprint density at radius 1 is 1.24 bits per heavy atom. The minimum Gasteiger partial charge on any atom is -0.376 e. The van der Waals surface area contributed by atoms with E-state index in [1.807, 2.05) is 0 Å². The zero-order valence-electron chi connectivity index (χ0n) is 11.7. The number of methoxy groups -OCH3 is 1. The van der Waals surface area contributed by atoms with Crippen LogP contribution in [-0.2, 0) is 4.74 Å². The fourth-order valence-electron chi connectivity index (χ4n) is 2.56. The van der Waals surface area contributed by atoms with Crippen LogP contribution >= 0.6 is 0 Å². The first-order valence-electron chi connectivity index (χ1n) is 6.38. The zero-order chi connectivity index (χ0) is 13.1. The number of ether oxygens (including phenoxy) is 1. The molecule has 0 saturated carbocycles. The molecular weight excluding hydrogens is 210 g/mol. The lowest BCUT2D eigenvalue weighted by molar-refractivity contribution is -0.0387. The quantitative estimate of drug-likeness (QED) is 0.847. The van der Waals surface area contributed by atoms with Gasteiger partial charge < -0.3 is 10.5 Å². The normalized spacial score (nSPS) is 13.8. The van der Waals surface area contributed by atoms with Crippen LogP contribution in [0.3, 0.4) is 0 Å². The highest BCUT2D eigenvalue weighted by molar-refractivity contribution is 5.34. The fourth-order valence-corrected chi connectivity index (χ4v) is 2.56. The first-order valence-corrected chi connectivity index (χ1v) is 6.38. The van der Waals surface area contributed by atoms with Crippen LogP contribution in [0.25, 0.3) is 0 Å². The molecule has 0 aliphatic carbocycles. The van der Waals surface area contributed by atoms with E-state index in [0.717, 1.165) is 12.8 Å². The maximum atomic E-state index is 6.43. The first kappa shape index (κ1) is 14.2. The summed E-state index contributed by atoms with van der Waals surface area (Å²) in [6, 6.07) is 6.37. The van der Waals surface area contributed by atoms with Crippen molar-refractivity contribution in [3.05, 3.63) is 34.9 Å². The highest BCUT2D eigenvalue weighted by atomic mass is 16.5. The molecule has 1 aromatic rings. The molecule has 2 heteroatoms. The summed E-state index contributed by atoms with van der Waals surface area (Å²) in [5.41, 5.74) is 9.90. The Morgan fingerprint density at radius 3 is 2.24 bits per heavy atom. The van der Waals surface area contributed by atoms with Crippen molar-refractivity contribution in [2.24, 2.45) is 5.73 Å². The third-order valence-corrected chi connectivity index (χ3v) is 3.93. The van der Waals surface area contributed by atoms with Crippen molar-refractivity contribution in [2.75, 3.05) is 7.11 Å². The maximum absolute atomic E-state index is 6.43. The predicted molar refractivity (Wildman–Crippen MR) is 73.2 cm³/mol. The summed E-state index contributed by atoms with van der Waals surface area (Å²) in [6.45, 7) is 8.49. The number of rotatable bonds is 5. The Balaban J connectivity index is 3.13. The van der Waals surface area contributed by atoms with Crippen LogP contribution in [0.1, 0.15) is 49.4 Å². The Morgan fingerprint density at radius 2 is 1.82 bits per heavy atom. The molecule has 1 rings (SSSR count). The maximum Gasteiger partial charge on any atom is 0.0865 e. The van der Waals surface area contributed by atoms with E-state index < -0.39 is 0 Å². The minimum atomic E-state index is -0.250. The van der Waals surface area contributed by atoms with Crippen LogP contribution in [-0.4, -0.2) is 12.7 Å². The molecule has 2 nitrogen and oxygen atoms in total. The second kappa shape index (κ2) is 5.65. The van der Waals surface area contributed by atoms with E-state index in [1.165, 1.54) is 16.7 Å². The van der Waals surface area contributed by atoms with Crippen LogP contribution < -0.4 is 5.73 Å². The van der Waals surface area contributed by atoms with Crippen molar-refractivity contribution in [2.45, 2.75) is 52.2 Å². The molecule has 1 aromatic carbocycles. The average molecular weight is 235 g/mol. The second-order valence-corrected chi connectivity index (χ2v) is 4.81. The lowest BCUT2D eigenvalue weighted by atomic mass is 9.82. The molecule has 0 aliphatic rings. The monoisotopic (exact) mass is 235 g/mol. The summed E-state index contributed by atoms with van der Waals surface area (Å²) in [6.07, 6.45) is 1.85. The van der Waals surface area contributed by atoms with Gasteiger partial charge in [-0.3, -0.25) is 0 Å². The molecule has 0 heterocycles. The van der Waals surface area contributed by atoms with Crippen LogP contribution in [0, 0.1) is 13.8 Å². The van der Waals surface area contributed by atoms with Gasteiger partial charge in [-0.2, -0.15) is 0 Å².